The number of nitrogens with one attached hydrogen (secondary N) is 1. The Morgan fingerprint density at radius 2 is 1.71 bits per heavy atom. The predicted molar refractivity (Wildman–Crippen MR) is 85.6 cm³/mol. The normalized spacial score (nSPS) is 13.8. The van der Waals surface area contributed by atoms with Gasteiger partial charge < -0.3 is 5.32 Å². The van der Waals surface area contributed by atoms with Gasteiger partial charge in [-0.3, -0.25) is 9.35 Å². The number of benzene rings is 1. The van der Waals surface area contributed by atoms with E-state index in [0.29, 0.717) is 7.14 Å². The van der Waals surface area contributed by atoms with Crippen LogP contribution >= 0.6 is 45.2 Å². The van der Waals surface area contributed by atoms with Gasteiger partial charge in [-0.2, -0.15) is 21.6 Å². The van der Waals surface area contributed by atoms with Gasteiger partial charge in [-0.05, 0) is 63.4 Å². The Balaban J connectivity index is 3.00. The van der Waals surface area contributed by atoms with Crippen LogP contribution in [0.15, 0.2) is 18.2 Å². The molecule has 1 aromatic carbocycles. The van der Waals surface area contributed by atoms with Gasteiger partial charge in [-0.25, -0.2) is 0 Å². The van der Waals surface area contributed by atoms with E-state index in [1.165, 1.54) is 12.1 Å². The molecule has 0 aliphatic heterocycles. The fourth-order valence-corrected chi connectivity index (χ4v) is 3.99. The summed E-state index contributed by atoms with van der Waals surface area (Å²) in [5.74, 6) is -2.71. The fourth-order valence-electron chi connectivity index (χ4n) is 1.36. The van der Waals surface area contributed by atoms with Gasteiger partial charge >= 0.3 is 6.18 Å². The summed E-state index contributed by atoms with van der Waals surface area (Å²) < 4.78 is 69.1. The van der Waals surface area contributed by atoms with Crippen molar-refractivity contribution in [2.45, 2.75) is 12.2 Å². The lowest BCUT2D eigenvalue weighted by molar-refractivity contribution is -0.148. The third-order valence-corrected chi connectivity index (χ3v) is 4.20. The van der Waals surface area contributed by atoms with Gasteiger partial charge in [0.1, 0.15) is 11.8 Å². The van der Waals surface area contributed by atoms with Crippen molar-refractivity contribution in [1.29, 1.82) is 0 Å². The molecule has 1 unspecified atom stereocenters. The van der Waals surface area contributed by atoms with Crippen LogP contribution in [-0.4, -0.2) is 36.8 Å². The summed E-state index contributed by atoms with van der Waals surface area (Å²) in [5.41, 5.74) is -0.0316. The smallest absolute Gasteiger partial charge is 0.339 e. The average Bonchev–Trinajstić information content (AvgIpc) is 2.23. The van der Waals surface area contributed by atoms with Crippen molar-refractivity contribution in [2.24, 2.45) is 0 Å². The first-order valence-corrected chi connectivity index (χ1v) is 8.94. The number of alkyl halides is 3. The van der Waals surface area contributed by atoms with Crippen molar-refractivity contribution in [2.75, 3.05) is 5.75 Å². The maximum Gasteiger partial charge on any atom is 0.409 e. The molecule has 0 aromatic heterocycles. The van der Waals surface area contributed by atoms with Crippen molar-refractivity contribution >= 4 is 61.2 Å². The molecule has 0 heterocycles. The van der Waals surface area contributed by atoms with E-state index in [1.54, 1.807) is 11.4 Å². The van der Waals surface area contributed by atoms with Crippen LogP contribution in [-0.2, 0) is 10.1 Å². The molecule has 0 spiro atoms. The zero-order valence-corrected chi connectivity index (χ0v) is 15.1. The predicted octanol–water partition coefficient (Wildman–Crippen LogP) is 2.44. The lowest BCUT2D eigenvalue weighted by atomic mass is 10.2. The zero-order chi connectivity index (χ0) is 16.4. The van der Waals surface area contributed by atoms with E-state index in [4.69, 9.17) is 4.55 Å². The Kier molecular flexibility index (Phi) is 6.26. The van der Waals surface area contributed by atoms with E-state index in [-0.39, 0.29) is 5.56 Å². The van der Waals surface area contributed by atoms with Crippen molar-refractivity contribution < 1.29 is 30.9 Å². The van der Waals surface area contributed by atoms with Crippen LogP contribution in [0.25, 0.3) is 0 Å². The topological polar surface area (TPSA) is 83.5 Å². The number of carbonyl (C=O) groups is 1. The molecule has 1 atom stereocenters. The molecule has 1 amide bonds. The summed E-state index contributed by atoms with van der Waals surface area (Å²) in [7, 11) is -4.89. The Bertz CT molecular complexity index is 628. The molecule has 0 radical (unpaired) electrons. The highest BCUT2D eigenvalue weighted by Crippen LogP contribution is 2.22. The van der Waals surface area contributed by atoms with Gasteiger partial charge in [0.25, 0.3) is 16.0 Å². The Labute approximate surface area is 145 Å². The molecule has 2 N–H and O–H groups in total. The summed E-state index contributed by atoms with van der Waals surface area (Å²) in [6.07, 6.45) is -5.00. The molecule has 0 bridgehead atoms. The summed E-state index contributed by atoms with van der Waals surface area (Å²) in [6, 6.07) is 1.74. The molecule has 21 heavy (non-hydrogen) atoms. The van der Waals surface area contributed by atoms with Gasteiger partial charge in [0, 0.05) is 12.7 Å². The molecule has 0 fully saturated rings. The summed E-state index contributed by atoms with van der Waals surface area (Å²) in [6.45, 7) is 0. The maximum atomic E-state index is 12.7. The second kappa shape index (κ2) is 6.95. The first kappa shape index (κ1) is 18.9. The third kappa shape index (κ3) is 6.65. The monoisotopic (exact) mass is 549 g/mol. The standard InChI is InChI=1S/C10H8F3I2NO4S/c11-10(12,13)8(4-21(18,19)20)16-9(17)5-1-6(14)3-7(15)2-5/h1-3,8H,4H2,(H,16,17)(H,18,19,20). The van der Waals surface area contributed by atoms with Crippen LogP contribution in [0.3, 0.4) is 0 Å². The number of hydrogen-bond donors (Lipinski definition) is 2. The van der Waals surface area contributed by atoms with Crippen LogP contribution < -0.4 is 5.32 Å². The molecule has 1 rings (SSSR count). The van der Waals surface area contributed by atoms with Crippen LogP contribution in [0.5, 0.6) is 0 Å². The molecular weight excluding hydrogens is 541 g/mol. The number of rotatable bonds is 4. The van der Waals surface area contributed by atoms with Crippen LogP contribution in [0.1, 0.15) is 10.4 Å². The number of carbonyl (C=O) groups excluding carboxylic acids is 1. The molecule has 0 saturated heterocycles. The minimum absolute atomic E-state index is 0.0316. The van der Waals surface area contributed by atoms with E-state index in [0.717, 1.165) is 0 Å². The average molecular weight is 549 g/mol. The van der Waals surface area contributed by atoms with Crippen molar-refractivity contribution in [3.63, 3.8) is 0 Å². The molecule has 0 saturated carbocycles. The second-order valence-corrected chi connectivity index (χ2v) is 7.96. The highest BCUT2D eigenvalue weighted by Gasteiger charge is 2.43. The first-order chi connectivity index (χ1) is 9.38. The third-order valence-electron chi connectivity index (χ3n) is 2.20. The lowest BCUT2D eigenvalue weighted by Crippen LogP contribution is -2.49. The molecule has 0 aliphatic carbocycles. The zero-order valence-electron chi connectivity index (χ0n) is 9.99. The Morgan fingerprint density at radius 3 is 2.10 bits per heavy atom. The molecule has 5 nitrogen and oxygen atoms in total. The summed E-state index contributed by atoms with van der Waals surface area (Å²) in [4.78, 5) is 11.8. The van der Waals surface area contributed by atoms with Gasteiger partial charge in [-0.1, -0.05) is 0 Å². The van der Waals surface area contributed by atoms with Crippen molar-refractivity contribution in [3.8, 4) is 0 Å². The minimum atomic E-state index is -5.00. The molecule has 118 valence electrons. The highest BCUT2D eigenvalue weighted by atomic mass is 127. The lowest BCUT2D eigenvalue weighted by Gasteiger charge is -2.20. The Morgan fingerprint density at radius 1 is 1.24 bits per heavy atom. The quantitative estimate of drug-likeness (QED) is 0.447. The number of amides is 1. The first-order valence-electron chi connectivity index (χ1n) is 5.17. The second-order valence-electron chi connectivity index (χ2n) is 3.97. The van der Waals surface area contributed by atoms with E-state index < -0.39 is 34.0 Å². The van der Waals surface area contributed by atoms with Crippen LogP contribution in [0.4, 0.5) is 13.2 Å². The SMILES string of the molecule is O=C(NC(CS(=O)(=O)O)C(F)(F)F)c1cc(I)cc(I)c1. The van der Waals surface area contributed by atoms with E-state index in [2.05, 4.69) is 0 Å². The number of hydrogen-bond acceptors (Lipinski definition) is 3. The van der Waals surface area contributed by atoms with E-state index in [1.807, 2.05) is 45.2 Å². The van der Waals surface area contributed by atoms with Crippen molar-refractivity contribution in [3.05, 3.63) is 30.9 Å². The van der Waals surface area contributed by atoms with E-state index in [9.17, 15) is 26.4 Å². The van der Waals surface area contributed by atoms with Gasteiger partial charge in [0.2, 0.25) is 0 Å². The maximum absolute atomic E-state index is 12.7. The molecule has 1 aromatic rings. The van der Waals surface area contributed by atoms with Gasteiger partial charge in [0.15, 0.2) is 0 Å². The van der Waals surface area contributed by atoms with E-state index >= 15 is 0 Å². The number of halogens is 5. The highest BCUT2D eigenvalue weighted by molar-refractivity contribution is 14.1. The minimum Gasteiger partial charge on any atom is -0.339 e. The van der Waals surface area contributed by atoms with Crippen LogP contribution in [0.2, 0.25) is 0 Å². The Hall–Kier alpha value is -0.150. The largest absolute Gasteiger partial charge is 0.409 e. The van der Waals surface area contributed by atoms with Gasteiger partial charge in [-0.15, -0.1) is 0 Å². The van der Waals surface area contributed by atoms with Crippen molar-refractivity contribution in [1.82, 2.24) is 5.32 Å². The van der Waals surface area contributed by atoms with Gasteiger partial charge in [0.05, 0.1) is 0 Å². The summed E-state index contributed by atoms with van der Waals surface area (Å²) >= 11 is 3.79. The van der Waals surface area contributed by atoms with Crippen LogP contribution in [0, 0.1) is 7.14 Å². The molecule has 0 aliphatic rings. The molecular formula is C10H8F3I2NO4S. The summed E-state index contributed by atoms with van der Waals surface area (Å²) in [5, 5.41) is 1.57. The molecule has 11 heteroatoms. The fraction of sp³-hybridized carbons (Fsp3) is 0.300.